The molecule has 2 aliphatic rings. The Bertz CT molecular complexity index is 879. The van der Waals surface area contributed by atoms with Crippen LogP contribution in [0.5, 0.6) is 5.75 Å². The lowest BCUT2D eigenvalue weighted by Gasteiger charge is -2.23. The number of hydrogen-bond donors (Lipinski definition) is 2. The van der Waals surface area contributed by atoms with Gasteiger partial charge in [-0.25, -0.2) is 4.79 Å². The molecule has 2 fully saturated rings. The second kappa shape index (κ2) is 7.18. The number of benzene rings is 1. The van der Waals surface area contributed by atoms with Crippen LogP contribution in [0.1, 0.15) is 24.8 Å². The van der Waals surface area contributed by atoms with E-state index in [1.807, 2.05) is 24.3 Å². The smallest absolute Gasteiger partial charge is 0.321 e. The molecule has 1 aromatic heterocycles. The Balaban J connectivity index is 1.37. The number of aromatic nitrogens is 2. The third-order valence-corrected chi connectivity index (χ3v) is 5.97. The maximum Gasteiger partial charge on any atom is 0.321 e. The number of carboxylic acid groups (broad SMARTS) is 1. The van der Waals surface area contributed by atoms with Crippen molar-refractivity contribution in [2.24, 2.45) is 11.3 Å². The van der Waals surface area contributed by atoms with Crippen LogP contribution in [0.2, 0.25) is 0 Å². The number of ether oxygens (including phenoxy) is 1. The molecule has 0 spiro atoms. The summed E-state index contributed by atoms with van der Waals surface area (Å²) in [6.07, 6.45) is 5.81. The quantitative estimate of drug-likeness (QED) is 0.826. The summed E-state index contributed by atoms with van der Waals surface area (Å²) >= 11 is 0. The van der Waals surface area contributed by atoms with Crippen molar-refractivity contribution in [2.45, 2.75) is 25.8 Å². The molecule has 0 bridgehead atoms. The van der Waals surface area contributed by atoms with Crippen LogP contribution in [0, 0.1) is 11.3 Å². The first-order valence-electron chi connectivity index (χ1n) is 9.45. The number of aliphatic carboxylic acids is 1. The summed E-state index contributed by atoms with van der Waals surface area (Å²) in [5, 5.41) is 16.8. The molecule has 8 heteroatoms. The van der Waals surface area contributed by atoms with Gasteiger partial charge in [0.05, 0.1) is 31.0 Å². The van der Waals surface area contributed by atoms with Gasteiger partial charge in [0.25, 0.3) is 0 Å². The summed E-state index contributed by atoms with van der Waals surface area (Å²) < 4.78 is 6.90. The number of fused-ring (bicyclic) bond motifs is 1. The first kappa shape index (κ1) is 18.3. The van der Waals surface area contributed by atoms with E-state index in [9.17, 15) is 14.7 Å². The Hall–Kier alpha value is -3.03. The molecule has 8 nitrogen and oxygen atoms in total. The Morgan fingerprint density at radius 3 is 2.82 bits per heavy atom. The van der Waals surface area contributed by atoms with Gasteiger partial charge in [-0.05, 0) is 36.5 Å². The van der Waals surface area contributed by atoms with E-state index in [1.165, 1.54) is 0 Å². The minimum Gasteiger partial charge on any atom is -0.497 e. The summed E-state index contributed by atoms with van der Waals surface area (Å²) in [7, 11) is 1.63. The number of nitrogens with zero attached hydrogens (tertiary/aromatic N) is 3. The van der Waals surface area contributed by atoms with Gasteiger partial charge in [-0.3, -0.25) is 9.48 Å². The highest BCUT2D eigenvalue weighted by Crippen LogP contribution is 2.48. The lowest BCUT2D eigenvalue weighted by Crippen LogP contribution is -2.38. The molecule has 1 aliphatic carbocycles. The van der Waals surface area contributed by atoms with Crippen LogP contribution < -0.4 is 10.1 Å². The topological polar surface area (TPSA) is 96.7 Å². The van der Waals surface area contributed by atoms with Gasteiger partial charge in [-0.2, -0.15) is 5.10 Å². The standard InChI is InChI=1S/C20H24N4O4/c1-28-17-6-4-14(5-7-17)10-24-12-16(9-21-24)22-19(27)23-11-15-3-2-8-20(15,13-23)18(25)26/h4-7,9,12,15H,2-3,8,10-11,13H2,1H3,(H,22,27)(H,25,26)/t15-,20+/m0/s1. The Morgan fingerprint density at radius 2 is 2.14 bits per heavy atom. The Labute approximate surface area is 163 Å². The van der Waals surface area contributed by atoms with E-state index < -0.39 is 11.4 Å². The zero-order valence-electron chi connectivity index (χ0n) is 15.8. The third-order valence-electron chi connectivity index (χ3n) is 5.97. The van der Waals surface area contributed by atoms with Crippen molar-refractivity contribution in [3.05, 3.63) is 42.2 Å². The summed E-state index contributed by atoms with van der Waals surface area (Å²) in [6.45, 7) is 1.35. The fourth-order valence-electron chi connectivity index (χ4n) is 4.43. The van der Waals surface area contributed by atoms with Crippen LogP contribution in [0.4, 0.5) is 10.5 Å². The highest BCUT2D eigenvalue weighted by atomic mass is 16.5. The molecule has 1 saturated heterocycles. The van der Waals surface area contributed by atoms with Gasteiger partial charge in [-0.1, -0.05) is 18.6 Å². The normalized spacial score (nSPS) is 23.5. The van der Waals surface area contributed by atoms with Gasteiger partial charge >= 0.3 is 12.0 Å². The Morgan fingerprint density at radius 1 is 1.36 bits per heavy atom. The van der Waals surface area contributed by atoms with E-state index in [2.05, 4.69) is 10.4 Å². The average Bonchev–Trinajstić information content (AvgIpc) is 3.37. The van der Waals surface area contributed by atoms with Crippen molar-refractivity contribution in [3.8, 4) is 5.75 Å². The lowest BCUT2D eigenvalue weighted by atomic mass is 9.81. The van der Waals surface area contributed by atoms with E-state index in [-0.39, 0.29) is 18.5 Å². The van der Waals surface area contributed by atoms with Gasteiger partial charge in [0.2, 0.25) is 0 Å². The van der Waals surface area contributed by atoms with Crippen LogP contribution in [0.3, 0.4) is 0 Å². The number of carboxylic acids is 1. The van der Waals surface area contributed by atoms with Gasteiger partial charge in [0, 0.05) is 19.3 Å². The maximum atomic E-state index is 12.6. The zero-order chi connectivity index (χ0) is 19.7. The fourth-order valence-corrected chi connectivity index (χ4v) is 4.43. The van der Waals surface area contributed by atoms with Crippen molar-refractivity contribution in [1.29, 1.82) is 0 Å². The molecule has 0 radical (unpaired) electrons. The van der Waals surface area contributed by atoms with Gasteiger partial charge in [0.1, 0.15) is 5.75 Å². The van der Waals surface area contributed by atoms with Crippen molar-refractivity contribution in [3.63, 3.8) is 0 Å². The molecule has 2 atom stereocenters. The molecule has 2 N–H and O–H groups in total. The van der Waals surface area contributed by atoms with E-state index in [0.717, 1.165) is 24.2 Å². The first-order chi connectivity index (χ1) is 13.5. The third kappa shape index (κ3) is 3.30. The lowest BCUT2D eigenvalue weighted by molar-refractivity contribution is -0.149. The predicted molar refractivity (Wildman–Crippen MR) is 102 cm³/mol. The number of urea groups is 1. The molecule has 1 aromatic carbocycles. The summed E-state index contributed by atoms with van der Waals surface area (Å²) in [4.78, 5) is 26.0. The fraction of sp³-hybridized carbons (Fsp3) is 0.450. The second-order valence-electron chi connectivity index (χ2n) is 7.64. The molecule has 1 saturated carbocycles. The van der Waals surface area contributed by atoms with Crippen molar-refractivity contribution in [1.82, 2.24) is 14.7 Å². The molecule has 148 valence electrons. The molecule has 28 heavy (non-hydrogen) atoms. The second-order valence-corrected chi connectivity index (χ2v) is 7.64. The molecule has 4 rings (SSSR count). The summed E-state index contributed by atoms with van der Waals surface area (Å²) in [5.74, 6) is 0.0674. The number of methoxy groups -OCH3 is 1. The van der Waals surface area contributed by atoms with Crippen molar-refractivity contribution >= 4 is 17.7 Å². The van der Waals surface area contributed by atoms with Crippen LogP contribution >= 0.6 is 0 Å². The average molecular weight is 384 g/mol. The van der Waals surface area contributed by atoms with E-state index >= 15 is 0 Å². The SMILES string of the molecule is COc1ccc(Cn2cc(NC(=O)N3C[C@@H]4CCC[C@@]4(C(=O)O)C3)cn2)cc1. The summed E-state index contributed by atoms with van der Waals surface area (Å²) in [5.41, 5.74) is 0.896. The van der Waals surface area contributed by atoms with Crippen LogP contribution in [-0.4, -0.2) is 52.0 Å². The molecule has 2 aromatic rings. The molecule has 1 aliphatic heterocycles. The van der Waals surface area contributed by atoms with E-state index in [1.54, 1.807) is 29.1 Å². The number of anilines is 1. The van der Waals surface area contributed by atoms with E-state index in [4.69, 9.17) is 4.74 Å². The maximum absolute atomic E-state index is 12.6. The van der Waals surface area contributed by atoms with Gasteiger partial charge < -0.3 is 20.1 Å². The largest absolute Gasteiger partial charge is 0.497 e. The Kier molecular flexibility index (Phi) is 4.70. The number of likely N-dealkylation sites (tertiary alicyclic amines) is 1. The monoisotopic (exact) mass is 384 g/mol. The molecular formula is C20H24N4O4. The highest BCUT2D eigenvalue weighted by molar-refractivity contribution is 5.90. The minimum atomic E-state index is -0.780. The number of rotatable bonds is 5. The number of carbonyl (C=O) groups is 2. The highest BCUT2D eigenvalue weighted by Gasteiger charge is 2.55. The van der Waals surface area contributed by atoms with Crippen molar-refractivity contribution < 1.29 is 19.4 Å². The first-order valence-corrected chi connectivity index (χ1v) is 9.45. The molecular weight excluding hydrogens is 360 g/mol. The number of hydrogen-bond acceptors (Lipinski definition) is 4. The van der Waals surface area contributed by atoms with Gasteiger partial charge in [0.15, 0.2) is 0 Å². The van der Waals surface area contributed by atoms with Gasteiger partial charge in [-0.15, -0.1) is 0 Å². The molecule has 0 unspecified atom stereocenters. The van der Waals surface area contributed by atoms with Crippen LogP contribution in [0.25, 0.3) is 0 Å². The van der Waals surface area contributed by atoms with Crippen molar-refractivity contribution in [2.75, 3.05) is 25.5 Å². The minimum absolute atomic E-state index is 0.0496. The number of carbonyl (C=O) groups excluding carboxylic acids is 1. The number of nitrogens with one attached hydrogen (secondary N) is 1. The summed E-state index contributed by atoms with van der Waals surface area (Å²) in [6, 6.07) is 7.45. The molecule has 2 amide bonds. The number of amides is 2. The molecule has 2 heterocycles. The van der Waals surface area contributed by atoms with E-state index in [0.29, 0.717) is 25.2 Å². The van der Waals surface area contributed by atoms with Crippen LogP contribution in [0.15, 0.2) is 36.7 Å². The van der Waals surface area contributed by atoms with Crippen LogP contribution in [-0.2, 0) is 11.3 Å². The predicted octanol–water partition coefficient (Wildman–Crippen LogP) is 2.66. The zero-order valence-corrected chi connectivity index (χ0v) is 15.8.